The van der Waals surface area contributed by atoms with Crippen molar-refractivity contribution in [2.24, 2.45) is 5.92 Å². The molecule has 2 rings (SSSR count). The topological polar surface area (TPSA) is 26.3 Å². The molecule has 0 aliphatic heterocycles. The van der Waals surface area contributed by atoms with Gasteiger partial charge in [-0.3, -0.25) is 4.79 Å². The minimum atomic E-state index is -0.612. The van der Waals surface area contributed by atoms with Crippen molar-refractivity contribution in [3.63, 3.8) is 0 Å². The number of esters is 1. The molecule has 2 aromatic carbocycles. The van der Waals surface area contributed by atoms with Crippen LogP contribution in [0.1, 0.15) is 58.4 Å². The molecular weight excluding hydrogens is 356 g/mol. The molecule has 0 heterocycles. The molecule has 0 spiro atoms. The summed E-state index contributed by atoms with van der Waals surface area (Å²) in [6.07, 6.45) is 7.14. The highest BCUT2D eigenvalue weighted by Gasteiger charge is 2.23. The molecule has 0 radical (unpaired) electrons. The predicted octanol–water partition coefficient (Wildman–Crippen LogP) is 7.04. The fraction of sp³-hybridized carbons (Fsp3) is 0.458. The molecule has 0 fully saturated rings. The monoisotopic (exact) mass is 386 g/mol. The van der Waals surface area contributed by atoms with Gasteiger partial charge in [0.15, 0.2) is 0 Å². The van der Waals surface area contributed by atoms with Crippen LogP contribution in [0.5, 0.6) is 5.75 Å². The van der Waals surface area contributed by atoms with Crippen LogP contribution in [0.2, 0.25) is 0 Å². The van der Waals surface area contributed by atoms with Gasteiger partial charge < -0.3 is 4.74 Å². The Kier molecular flexibility index (Phi) is 8.87. The van der Waals surface area contributed by atoms with Gasteiger partial charge in [0.05, 0.1) is 0 Å². The normalized spacial score (nSPS) is 13.2. The summed E-state index contributed by atoms with van der Waals surface area (Å²) in [4.78, 5) is 12.1. The Morgan fingerprint density at radius 1 is 0.926 bits per heavy atom. The highest BCUT2D eigenvalue weighted by Crippen LogP contribution is 2.24. The summed E-state index contributed by atoms with van der Waals surface area (Å²) in [7, 11) is 0. The van der Waals surface area contributed by atoms with E-state index in [0.29, 0.717) is 5.75 Å². The summed E-state index contributed by atoms with van der Waals surface area (Å²) in [5.41, 5.74) is 3.66. The number of halogens is 1. The number of ether oxygens (including phenoxy) is 1. The van der Waals surface area contributed by atoms with Crippen molar-refractivity contribution in [2.45, 2.75) is 64.7 Å². The zero-order valence-corrected chi connectivity index (χ0v) is 17.5. The van der Waals surface area contributed by atoms with Crippen LogP contribution in [0.15, 0.2) is 48.5 Å². The second kappa shape index (κ2) is 11.1. The number of benzene rings is 2. The van der Waals surface area contributed by atoms with E-state index < -0.39 is 5.38 Å². The highest BCUT2D eigenvalue weighted by atomic mass is 35.5. The highest BCUT2D eigenvalue weighted by molar-refractivity contribution is 6.30. The maximum Gasteiger partial charge on any atom is 0.329 e. The predicted molar refractivity (Wildman–Crippen MR) is 114 cm³/mol. The molecule has 0 aliphatic carbocycles. The minimum Gasteiger partial charge on any atom is -0.425 e. The van der Waals surface area contributed by atoms with Gasteiger partial charge in [0.2, 0.25) is 0 Å². The summed E-state index contributed by atoms with van der Waals surface area (Å²) >= 11 is 6.15. The van der Waals surface area contributed by atoms with Crippen LogP contribution in [0.3, 0.4) is 0 Å². The molecule has 2 atom stereocenters. The van der Waals surface area contributed by atoms with E-state index in [1.807, 2.05) is 38.1 Å². The number of carbonyl (C=O) groups excluding carboxylic acids is 1. The summed E-state index contributed by atoms with van der Waals surface area (Å²) in [5.74, 6) is 0.246. The lowest BCUT2D eigenvalue weighted by molar-refractivity contribution is -0.134. The summed E-state index contributed by atoms with van der Waals surface area (Å²) in [5, 5.41) is -0.612. The minimum absolute atomic E-state index is 0.0962. The SMILES string of the molecule is CCCCCCc1ccc(-c2ccc(OC(=O)C(Cl)C(C)CC)cc2)cc1. The van der Waals surface area contributed by atoms with E-state index in [9.17, 15) is 4.79 Å². The van der Waals surface area contributed by atoms with Gasteiger partial charge in [-0.25, -0.2) is 0 Å². The molecular formula is C24H31ClO2. The lowest BCUT2D eigenvalue weighted by atomic mass is 10.0. The first kappa shape index (κ1) is 21.5. The van der Waals surface area contributed by atoms with Crippen molar-refractivity contribution in [3.8, 4) is 16.9 Å². The van der Waals surface area contributed by atoms with E-state index in [2.05, 4.69) is 31.2 Å². The first-order valence-corrected chi connectivity index (χ1v) is 10.5. The lowest BCUT2D eigenvalue weighted by Crippen LogP contribution is -2.26. The van der Waals surface area contributed by atoms with Gasteiger partial charge in [0.1, 0.15) is 11.1 Å². The number of aryl methyl sites for hydroxylation is 1. The quantitative estimate of drug-likeness (QED) is 0.189. The number of hydrogen-bond acceptors (Lipinski definition) is 2. The summed E-state index contributed by atoms with van der Waals surface area (Å²) in [6.45, 7) is 6.20. The molecule has 27 heavy (non-hydrogen) atoms. The van der Waals surface area contributed by atoms with Gasteiger partial charge in [-0.15, -0.1) is 11.6 Å². The molecule has 2 unspecified atom stereocenters. The van der Waals surface area contributed by atoms with Crippen LogP contribution in [-0.2, 0) is 11.2 Å². The zero-order chi connectivity index (χ0) is 19.6. The average molecular weight is 387 g/mol. The maximum absolute atomic E-state index is 12.1. The number of hydrogen-bond donors (Lipinski definition) is 0. The molecule has 2 nitrogen and oxygen atoms in total. The first-order chi connectivity index (χ1) is 13.0. The third kappa shape index (κ3) is 6.70. The molecule has 0 N–H and O–H groups in total. The Balaban J connectivity index is 1.93. The van der Waals surface area contributed by atoms with E-state index in [4.69, 9.17) is 16.3 Å². The number of unbranched alkanes of at least 4 members (excludes halogenated alkanes) is 3. The van der Waals surface area contributed by atoms with E-state index in [1.165, 1.54) is 36.8 Å². The van der Waals surface area contributed by atoms with Crippen molar-refractivity contribution in [1.29, 1.82) is 0 Å². The molecule has 0 aromatic heterocycles. The van der Waals surface area contributed by atoms with E-state index >= 15 is 0 Å². The van der Waals surface area contributed by atoms with Crippen LogP contribution in [0.25, 0.3) is 11.1 Å². The summed E-state index contributed by atoms with van der Waals surface area (Å²) in [6, 6.07) is 16.3. The average Bonchev–Trinajstić information content (AvgIpc) is 2.71. The van der Waals surface area contributed by atoms with Crippen molar-refractivity contribution < 1.29 is 9.53 Å². The number of carbonyl (C=O) groups is 1. The largest absolute Gasteiger partial charge is 0.425 e. The molecule has 0 amide bonds. The van der Waals surface area contributed by atoms with Crippen LogP contribution in [-0.4, -0.2) is 11.3 Å². The van der Waals surface area contributed by atoms with Gasteiger partial charge >= 0.3 is 5.97 Å². The third-order valence-electron chi connectivity index (χ3n) is 5.05. The van der Waals surface area contributed by atoms with E-state index in [1.54, 1.807) is 0 Å². The van der Waals surface area contributed by atoms with Gasteiger partial charge in [0.25, 0.3) is 0 Å². The summed E-state index contributed by atoms with van der Waals surface area (Å²) < 4.78 is 5.40. The van der Waals surface area contributed by atoms with Gasteiger partial charge in [-0.05, 0) is 47.6 Å². The smallest absolute Gasteiger partial charge is 0.329 e. The molecule has 0 saturated carbocycles. The zero-order valence-electron chi connectivity index (χ0n) is 16.7. The number of rotatable bonds is 10. The lowest BCUT2D eigenvalue weighted by Gasteiger charge is -2.15. The van der Waals surface area contributed by atoms with Crippen LogP contribution in [0, 0.1) is 5.92 Å². The molecule has 146 valence electrons. The fourth-order valence-electron chi connectivity index (χ4n) is 2.95. The van der Waals surface area contributed by atoms with Crippen LogP contribution < -0.4 is 4.74 Å². The van der Waals surface area contributed by atoms with Crippen LogP contribution >= 0.6 is 11.6 Å². The Labute approximate surface area is 168 Å². The van der Waals surface area contributed by atoms with Gasteiger partial charge in [-0.2, -0.15) is 0 Å². The first-order valence-electron chi connectivity index (χ1n) is 10.1. The van der Waals surface area contributed by atoms with E-state index in [0.717, 1.165) is 18.4 Å². The second-order valence-electron chi connectivity index (χ2n) is 7.24. The van der Waals surface area contributed by atoms with Gasteiger partial charge in [-0.1, -0.05) is 82.9 Å². The molecule has 0 aliphatic rings. The fourth-order valence-corrected chi connectivity index (χ4v) is 3.17. The Bertz CT molecular complexity index is 691. The van der Waals surface area contributed by atoms with E-state index in [-0.39, 0.29) is 11.9 Å². The Morgan fingerprint density at radius 2 is 1.52 bits per heavy atom. The van der Waals surface area contributed by atoms with Crippen LogP contribution in [0.4, 0.5) is 0 Å². The Morgan fingerprint density at radius 3 is 2.07 bits per heavy atom. The number of alkyl halides is 1. The van der Waals surface area contributed by atoms with Crippen molar-refractivity contribution in [2.75, 3.05) is 0 Å². The third-order valence-corrected chi connectivity index (χ3v) is 5.66. The molecule has 3 heteroatoms. The van der Waals surface area contributed by atoms with Crippen molar-refractivity contribution >= 4 is 17.6 Å². The Hall–Kier alpha value is -1.80. The van der Waals surface area contributed by atoms with Gasteiger partial charge in [0, 0.05) is 0 Å². The van der Waals surface area contributed by atoms with Crippen molar-refractivity contribution in [1.82, 2.24) is 0 Å². The molecule has 2 aromatic rings. The molecule has 0 saturated heterocycles. The molecule has 0 bridgehead atoms. The standard InChI is InChI=1S/C24H31ClO2/c1-4-6-7-8-9-19-10-12-20(13-11-19)21-14-16-22(17-15-21)27-24(26)23(25)18(3)5-2/h10-18,23H,4-9H2,1-3H3. The second-order valence-corrected chi connectivity index (χ2v) is 7.71. The van der Waals surface area contributed by atoms with Crippen molar-refractivity contribution in [3.05, 3.63) is 54.1 Å². The maximum atomic E-state index is 12.1.